The summed E-state index contributed by atoms with van der Waals surface area (Å²) in [7, 11) is 0. The van der Waals surface area contributed by atoms with Crippen molar-refractivity contribution in [3.05, 3.63) is 24.5 Å². The van der Waals surface area contributed by atoms with Gasteiger partial charge in [-0.3, -0.25) is 0 Å². The number of nitrogens with zero attached hydrogens (tertiary/aromatic N) is 1. The Hall–Kier alpha value is -0.760. The molecule has 0 aliphatic rings. The fourth-order valence-corrected chi connectivity index (χ4v) is 3.42. The zero-order valence-electron chi connectivity index (χ0n) is 18.0. The maximum Gasteiger partial charge on any atom is 0.0466 e. The third-order valence-electron chi connectivity index (χ3n) is 5.09. The Morgan fingerprint density at radius 2 is 1.08 bits per heavy atom. The summed E-state index contributed by atoms with van der Waals surface area (Å²) in [5.74, 6) is 0. The molecule has 152 valence electrons. The van der Waals surface area contributed by atoms with Crippen LogP contribution in [0.4, 0.5) is 0 Å². The Balaban J connectivity index is 1.68. The van der Waals surface area contributed by atoms with Crippen molar-refractivity contribution in [1.29, 1.82) is 0 Å². The molecule has 2 heteroatoms. The smallest absolute Gasteiger partial charge is 0.0466 e. The van der Waals surface area contributed by atoms with Crippen LogP contribution in [0, 0.1) is 5.41 Å². The van der Waals surface area contributed by atoms with E-state index in [1.165, 1.54) is 90.0 Å². The average molecular weight is 364 g/mol. The summed E-state index contributed by atoms with van der Waals surface area (Å²) in [6, 6.07) is 4.22. The van der Waals surface area contributed by atoms with Crippen LogP contribution in [0.3, 0.4) is 0 Å². The molecule has 0 amide bonds. The molecule has 1 aromatic heterocycles. The third kappa shape index (κ3) is 15.5. The minimum absolute atomic E-state index is 0.451. The van der Waals surface area contributed by atoms with Crippen LogP contribution >= 0.6 is 0 Å². The Bertz CT molecular complexity index is 391. The summed E-state index contributed by atoms with van der Waals surface area (Å²) in [5, 5.41) is 0. The highest BCUT2D eigenvalue weighted by Gasteiger charge is 2.08. The molecular formula is C24H45NO. The molecule has 0 fully saturated rings. The van der Waals surface area contributed by atoms with Crippen molar-refractivity contribution < 1.29 is 4.74 Å². The second kappa shape index (κ2) is 15.3. The van der Waals surface area contributed by atoms with Gasteiger partial charge in [0.1, 0.15) is 0 Å². The zero-order chi connectivity index (χ0) is 18.9. The van der Waals surface area contributed by atoms with E-state index in [1.807, 2.05) is 0 Å². The van der Waals surface area contributed by atoms with Gasteiger partial charge in [-0.15, -0.1) is 0 Å². The standard InChI is InChI=1S/C24H45NO/c1-24(2,3)18-17-23-26-22-16-12-10-8-6-4-5-7-9-11-13-19-25-20-14-15-21-25/h14-15,20-21H,4-13,16-19,22-23H2,1-3H3. The normalized spacial score (nSPS) is 12.0. The molecule has 0 aliphatic carbocycles. The largest absolute Gasteiger partial charge is 0.381 e. The van der Waals surface area contributed by atoms with Gasteiger partial charge in [0.15, 0.2) is 0 Å². The first-order chi connectivity index (χ1) is 12.6. The van der Waals surface area contributed by atoms with E-state index in [2.05, 4.69) is 49.9 Å². The first-order valence-electron chi connectivity index (χ1n) is 11.3. The van der Waals surface area contributed by atoms with Gasteiger partial charge in [-0.05, 0) is 43.2 Å². The molecular weight excluding hydrogens is 318 g/mol. The summed E-state index contributed by atoms with van der Waals surface area (Å²) < 4.78 is 8.03. The average Bonchev–Trinajstić information content (AvgIpc) is 3.10. The van der Waals surface area contributed by atoms with Crippen LogP contribution < -0.4 is 0 Å². The molecule has 2 nitrogen and oxygen atoms in total. The summed E-state index contributed by atoms with van der Waals surface area (Å²) in [6.45, 7) is 10.0. The fourth-order valence-electron chi connectivity index (χ4n) is 3.42. The lowest BCUT2D eigenvalue weighted by Crippen LogP contribution is -2.07. The Labute approximate surface area is 163 Å². The van der Waals surface area contributed by atoms with Crippen LogP contribution in [0.15, 0.2) is 24.5 Å². The van der Waals surface area contributed by atoms with E-state index < -0.39 is 0 Å². The van der Waals surface area contributed by atoms with Crippen LogP contribution in [0.25, 0.3) is 0 Å². The second-order valence-electron chi connectivity index (χ2n) is 9.09. The van der Waals surface area contributed by atoms with E-state index >= 15 is 0 Å². The van der Waals surface area contributed by atoms with Gasteiger partial charge in [0.25, 0.3) is 0 Å². The number of aromatic nitrogens is 1. The summed E-state index contributed by atoms with van der Waals surface area (Å²) in [6.07, 6.45) is 22.0. The van der Waals surface area contributed by atoms with Crippen LogP contribution in [-0.2, 0) is 11.3 Å². The van der Waals surface area contributed by atoms with Crippen LogP contribution in [0.2, 0.25) is 0 Å². The third-order valence-corrected chi connectivity index (χ3v) is 5.09. The maximum atomic E-state index is 5.74. The highest BCUT2D eigenvalue weighted by atomic mass is 16.5. The van der Waals surface area contributed by atoms with Gasteiger partial charge in [-0.25, -0.2) is 0 Å². The van der Waals surface area contributed by atoms with E-state index in [0.717, 1.165) is 13.2 Å². The zero-order valence-corrected chi connectivity index (χ0v) is 18.0. The summed E-state index contributed by atoms with van der Waals surface area (Å²) in [4.78, 5) is 0. The van der Waals surface area contributed by atoms with Gasteiger partial charge < -0.3 is 9.30 Å². The molecule has 1 rings (SSSR count). The van der Waals surface area contributed by atoms with Gasteiger partial charge in [0.2, 0.25) is 0 Å². The van der Waals surface area contributed by atoms with Crippen molar-refractivity contribution in [2.24, 2.45) is 5.41 Å². The first kappa shape index (κ1) is 23.3. The van der Waals surface area contributed by atoms with Crippen molar-refractivity contribution >= 4 is 0 Å². The van der Waals surface area contributed by atoms with Crippen LogP contribution in [0.1, 0.15) is 104 Å². The van der Waals surface area contributed by atoms with Crippen molar-refractivity contribution in [2.45, 2.75) is 111 Å². The number of hydrogen-bond donors (Lipinski definition) is 0. The Morgan fingerprint density at radius 3 is 1.62 bits per heavy atom. The molecule has 26 heavy (non-hydrogen) atoms. The number of rotatable bonds is 17. The minimum atomic E-state index is 0.451. The highest BCUT2D eigenvalue weighted by Crippen LogP contribution is 2.20. The van der Waals surface area contributed by atoms with Gasteiger partial charge in [0, 0.05) is 32.2 Å². The number of aryl methyl sites for hydroxylation is 1. The minimum Gasteiger partial charge on any atom is -0.381 e. The summed E-state index contributed by atoms with van der Waals surface area (Å²) >= 11 is 0. The Kier molecular flexibility index (Phi) is 13.7. The van der Waals surface area contributed by atoms with Gasteiger partial charge in [0.05, 0.1) is 0 Å². The molecule has 1 heterocycles. The van der Waals surface area contributed by atoms with Crippen molar-refractivity contribution in [3.63, 3.8) is 0 Å². The molecule has 0 bridgehead atoms. The van der Waals surface area contributed by atoms with Crippen LogP contribution in [0.5, 0.6) is 0 Å². The molecule has 0 aliphatic heterocycles. The summed E-state index contributed by atoms with van der Waals surface area (Å²) in [5.41, 5.74) is 0.451. The predicted octanol–water partition coefficient (Wildman–Crippen LogP) is 7.62. The molecule has 0 N–H and O–H groups in total. The van der Waals surface area contributed by atoms with Gasteiger partial charge in [-0.2, -0.15) is 0 Å². The second-order valence-corrected chi connectivity index (χ2v) is 9.09. The molecule has 0 saturated carbocycles. The quantitative estimate of drug-likeness (QED) is 0.260. The van der Waals surface area contributed by atoms with E-state index in [4.69, 9.17) is 4.74 Å². The van der Waals surface area contributed by atoms with E-state index in [9.17, 15) is 0 Å². The highest BCUT2D eigenvalue weighted by molar-refractivity contribution is 4.89. The van der Waals surface area contributed by atoms with Crippen molar-refractivity contribution in [1.82, 2.24) is 4.57 Å². The topological polar surface area (TPSA) is 14.2 Å². The Morgan fingerprint density at radius 1 is 0.615 bits per heavy atom. The molecule has 0 atom stereocenters. The lowest BCUT2D eigenvalue weighted by atomic mass is 9.91. The first-order valence-corrected chi connectivity index (χ1v) is 11.3. The van der Waals surface area contributed by atoms with Crippen LogP contribution in [-0.4, -0.2) is 17.8 Å². The van der Waals surface area contributed by atoms with Gasteiger partial charge in [-0.1, -0.05) is 78.6 Å². The maximum absolute atomic E-state index is 5.74. The van der Waals surface area contributed by atoms with Crippen molar-refractivity contribution in [2.75, 3.05) is 13.2 Å². The molecule has 0 aromatic carbocycles. The number of ether oxygens (including phenoxy) is 1. The fraction of sp³-hybridized carbons (Fsp3) is 0.833. The molecule has 0 radical (unpaired) electrons. The monoisotopic (exact) mass is 363 g/mol. The molecule has 1 aromatic rings. The predicted molar refractivity (Wildman–Crippen MR) is 115 cm³/mol. The molecule has 0 spiro atoms. The van der Waals surface area contributed by atoms with Gasteiger partial charge >= 0.3 is 0 Å². The molecule has 0 saturated heterocycles. The lowest BCUT2D eigenvalue weighted by molar-refractivity contribution is 0.118. The number of unbranched alkanes of at least 4 members (excludes halogenated alkanes) is 10. The van der Waals surface area contributed by atoms with Crippen molar-refractivity contribution in [3.8, 4) is 0 Å². The van der Waals surface area contributed by atoms with E-state index in [1.54, 1.807) is 0 Å². The molecule has 0 unspecified atom stereocenters. The van der Waals surface area contributed by atoms with E-state index in [-0.39, 0.29) is 0 Å². The van der Waals surface area contributed by atoms with E-state index in [0.29, 0.717) is 5.41 Å². The lowest BCUT2D eigenvalue weighted by Gasteiger charge is -2.17. The number of hydrogen-bond acceptors (Lipinski definition) is 1. The SMILES string of the molecule is CC(C)(C)CCCOCCCCCCCCCCCCCn1cccc1.